The molecule has 0 aromatic heterocycles. The van der Waals surface area contributed by atoms with Gasteiger partial charge in [-0.2, -0.15) is 0 Å². The van der Waals surface area contributed by atoms with E-state index in [1.807, 2.05) is 36.6 Å². The zero-order valence-corrected chi connectivity index (χ0v) is 12.0. The van der Waals surface area contributed by atoms with E-state index < -0.39 is 0 Å². The van der Waals surface area contributed by atoms with Gasteiger partial charge >= 0.3 is 0 Å². The van der Waals surface area contributed by atoms with Gasteiger partial charge in [-0.25, -0.2) is 0 Å². The summed E-state index contributed by atoms with van der Waals surface area (Å²) in [5, 5.41) is 0.701. The number of aryl methyl sites for hydroxylation is 1. The van der Waals surface area contributed by atoms with Crippen LogP contribution in [0.5, 0.6) is 5.75 Å². The molecule has 0 heterocycles. The van der Waals surface area contributed by atoms with Crippen molar-refractivity contribution in [2.45, 2.75) is 18.4 Å². The van der Waals surface area contributed by atoms with Crippen molar-refractivity contribution in [3.8, 4) is 5.75 Å². The van der Waals surface area contributed by atoms with Crippen molar-refractivity contribution < 1.29 is 4.74 Å². The van der Waals surface area contributed by atoms with Crippen molar-refractivity contribution in [2.24, 2.45) is 0 Å². The zero-order chi connectivity index (χ0) is 13.0. The van der Waals surface area contributed by atoms with Gasteiger partial charge in [-0.3, -0.25) is 0 Å². The molecule has 0 fully saturated rings. The van der Waals surface area contributed by atoms with Crippen molar-refractivity contribution in [2.75, 3.05) is 6.26 Å². The average Bonchev–Trinajstić information content (AvgIpc) is 2.38. The lowest BCUT2D eigenvalue weighted by molar-refractivity contribution is 0.298. The van der Waals surface area contributed by atoms with Gasteiger partial charge in [0, 0.05) is 9.92 Å². The van der Waals surface area contributed by atoms with Crippen LogP contribution in [0.4, 0.5) is 0 Å². The van der Waals surface area contributed by atoms with E-state index in [0.717, 1.165) is 10.6 Å². The minimum Gasteiger partial charge on any atom is -0.488 e. The van der Waals surface area contributed by atoms with Crippen LogP contribution in [0, 0.1) is 6.92 Å². The monoisotopic (exact) mass is 278 g/mol. The van der Waals surface area contributed by atoms with Gasteiger partial charge in [-0.1, -0.05) is 35.9 Å². The summed E-state index contributed by atoms with van der Waals surface area (Å²) in [5.41, 5.74) is 2.44. The third-order valence-corrected chi connectivity index (χ3v) is 3.78. The summed E-state index contributed by atoms with van der Waals surface area (Å²) in [6.07, 6.45) is 2.03. The van der Waals surface area contributed by atoms with Gasteiger partial charge in [0.2, 0.25) is 0 Å². The van der Waals surface area contributed by atoms with Crippen molar-refractivity contribution in [1.29, 1.82) is 0 Å². The van der Waals surface area contributed by atoms with E-state index >= 15 is 0 Å². The molecule has 18 heavy (non-hydrogen) atoms. The number of hydrogen-bond acceptors (Lipinski definition) is 2. The van der Waals surface area contributed by atoms with E-state index in [-0.39, 0.29) is 0 Å². The first-order valence-electron chi connectivity index (χ1n) is 5.71. The first kappa shape index (κ1) is 13.3. The van der Waals surface area contributed by atoms with Crippen molar-refractivity contribution in [3.63, 3.8) is 0 Å². The summed E-state index contributed by atoms with van der Waals surface area (Å²) in [6.45, 7) is 2.66. The fraction of sp³-hybridized carbons (Fsp3) is 0.200. The molecular weight excluding hydrogens is 264 g/mol. The summed E-state index contributed by atoms with van der Waals surface area (Å²) in [6, 6.07) is 14.0. The minimum atomic E-state index is 0.570. The molecule has 0 aliphatic carbocycles. The van der Waals surface area contributed by atoms with Crippen LogP contribution >= 0.6 is 23.4 Å². The standard InChI is InChI=1S/C15H15ClOS/c1-11-5-3-4-6-12(11)10-17-14-9-13(16)7-8-15(14)18-2/h3-9H,10H2,1-2H3. The third-order valence-electron chi connectivity index (χ3n) is 2.77. The summed E-state index contributed by atoms with van der Waals surface area (Å²) in [7, 11) is 0. The fourth-order valence-electron chi connectivity index (χ4n) is 1.69. The summed E-state index contributed by atoms with van der Waals surface area (Å²) in [5.74, 6) is 0.846. The predicted molar refractivity (Wildman–Crippen MR) is 78.7 cm³/mol. The van der Waals surface area contributed by atoms with Crippen molar-refractivity contribution >= 4 is 23.4 Å². The van der Waals surface area contributed by atoms with Gasteiger partial charge in [0.15, 0.2) is 0 Å². The number of benzene rings is 2. The maximum absolute atomic E-state index is 6.00. The number of halogens is 1. The van der Waals surface area contributed by atoms with Crippen LogP contribution in [-0.4, -0.2) is 6.26 Å². The van der Waals surface area contributed by atoms with Gasteiger partial charge in [0.25, 0.3) is 0 Å². The van der Waals surface area contributed by atoms with Crippen LogP contribution in [0.3, 0.4) is 0 Å². The topological polar surface area (TPSA) is 9.23 Å². The first-order valence-corrected chi connectivity index (χ1v) is 7.32. The first-order chi connectivity index (χ1) is 8.70. The quantitative estimate of drug-likeness (QED) is 0.732. The Kier molecular flexibility index (Phi) is 4.56. The van der Waals surface area contributed by atoms with E-state index in [0.29, 0.717) is 11.6 Å². The lowest BCUT2D eigenvalue weighted by Gasteiger charge is -2.11. The number of hydrogen-bond donors (Lipinski definition) is 0. The Morgan fingerprint density at radius 3 is 2.67 bits per heavy atom. The highest BCUT2D eigenvalue weighted by atomic mass is 35.5. The Balaban J connectivity index is 2.15. The lowest BCUT2D eigenvalue weighted by atomic mass is 10.1. The van der Waals surface area contributed by atoms with E-state index in [2.05, 4.69) is 19.1 Å². The molecule has 0 radical (unpaired) electrons. The second-order valence-electron chi connectivity index (χ2n) is 4.01. The van der Waals surface area contributed by atoms with E-state index in [1.165, 1.54) is 11.1 Å². The van der Waals surface area contributed by atoms with Crippen LogP contribution in [-0.2, 0) is 6.61 Å². The second-order valence-corrected chi connectivity index (χ2v) is 5.29. The molecule has 2 aromatic carbocycles. The molecule has 1 nitrogen and oxygen atoms in total. The van der Waals surface area contributed by atoms with E-state index in [9.17, 15) is 0 Å². The third kappa shape index (κ3) is 3.21. The van der Waals surface area contributed by atoms with Gasteiger partial charge in [-0.15, -0.1) is 11.8 Å². The minimum absolute atomic E-state index is 0.570. The van der Waals surface area contributed by atoms with Gasteiger partial charge in [0.1, 0.15) is 12.4 Å². The molecule has 0 atom stereocenters. The molecule has 0 bridgehead atoms. The van der Waals surface area contributed by atoms with Crippen molar-refractivity contribution in [3.05, 3.63) is 58.6 Å². The average molecular weight is 279 g/mol. The highest BCUT2D eigenvalue weighted by Gasteiger charge is 2.05. The lowest BCUT2D eigenvalue weighted by Crippen LogP contribution is -1.98. The molecule has 0 aliphatic heterocycles. The van der Waals surface area contributed by atoms with Crippen molar-refractivity contribution in [1.82, 2.24) is 0 Å². The Labute approximate surface area is 117 Å². The van der Waals surface area contributed by atoms with E-state index in [1.54, 1.807) is 11.8 Å². The maximum Gasteiger partial charge on any atom is 0.134 e. The molecule has 2 aromatic rings. The number of ether oxygens (including phenoxy) is 1. The molecule has 0 aliphatic rings. The molecule has 0 saturated carbocycles. The van der Waals surface area contributed by atoms with Gasteiger partial charge < -0.3 is 4.74 Å². The van der Waals surface area contributed by atoms with Gasteiger partial charge in [0.05, 0.1) is 0 Å². The SMILES string of the molecule is CSc1ccc(Cl)cc1OCc1ccccc1C. The highest BCUT2D eigenvalue weighted by Crippen LogP contribution is 2.31. The number of rotatable bonds is 4. The van der Waals surface area contributed by atoms with Crippen LogP contribution in [0.25, 0.3) is 0 Å². The molecule has 3 heteroatoms. The molecule has 2 rings (SSSR count). The summed E-state index contributed by atoms with van der Waals surface area (Å²) in [4.78, 5) is 1.10. The molecule has 0 unspecified atom stereocenters. The number of thioether (sulfide) groups is 1. The fourth-order valence-corrected chi connectivity index (χ4v) is 2.38. The molecule has 0 spiro atoms. The highest BCUT2D eigenvalue weighted by molar-refractivity contribution is 7.98. The zero-order valence-electron chi connectivity index (χ0n) is 10.4. The Morgan fingerprint density at radius 1 is 1.17 bits per heavy atom. The Morgan fingerprint density at radius 2 is 1.94 bits per heavy atom. The summed E-state index contributed by atoms with van der Waals surface area (Å²) < 4.78 is 5.87. The van der Waals surface area contributed by atoms with Crippen LogP contribution in [0.15, 0.2) is 47.4 Å². The maximum atomic E-state index is 6.00. The largest absolute Gasteiger partial charge is 0.488 e. The second kappa shape index (κ2) is 6.17. The van der Waals surface area contributed by atoms with Gasteiger partial charge in [-0.05, 0) is 42.5 Å². The Bertz CT molecular complexity index is 540. The smallest absolute Gasteiger partial charge is 0.134 e. The van der Waals surface area contributed by atoms with Crippen LogP contribution < -0.4 is 4.74 Å². The molecular formula is C15H15ClOS. The molecule has 0 N–H and O–H groups in total. The normalized spacial score (nSPS) is 10.4. The van der Waals surface area contributed by atoms with Crippen LogP contribution in [0.1, 0.15) is 11.1 Å². The Hall–Kier alpha value is -1.12. The molecule has 94 valence electrons. The molecule has 0 saturated heterocycles. The van der Waals surface area contributed by atoms with E-state index in [4.69, 9.17) is 16.3 Å². The summed E-state index contributed by atoms with van der Waals surface area (Å²) >= 11 is 7.66. The predicted octanol–water partition coefficient (Wildman–Crippen LogP) is 4.95. The van der Waals surface area contributed by atoms with Crippen LogP contribution in [0.2, 0.25) is 5.02 Å². The molecule has 0 amide bonds.